The Kier molecular flexibility index (Phi) is 5.47. The Morgan fingerprint density at radius 3 is 2.67 bits per heavy atom. The lowest BCUT2D eigenvalue weighted by molar-refractivity contribution is 0.393. The molecule has 154 valence electrons. The molecular weight excluding hydrogens is 382 g/mol. The number of rotatable bonds is 5. The van der Waals surface area contributed by atoms with Gasteiger partial charge in [0.15, 0.2) is 0 Å². The lowest BCUT2D eigenvalue weighted by atomic mass is 10.00. The molecule has 4 rings (SSSR count). The van der Waals surface area contributed by atoms with Gasteiger partial charge in [0.2, 0.25) is 5.95 Å². The average molecular weight is 405 g/mol. The number of anilines is 1. The van der Waals surface area contributed by atoms with E-state index in [0.29, 0.717) is 23.9 Å². The molecule has 0 saturated heterocycles. The van der Waals surface area contributed by atoms with Gasteiger partial charge in [0.1, 0.15) is 17.8 Å². The third kappa shape index (κ3) is 3.76. The molecule has 0 atom stereocenters. The first-order valence-electron chi connectivity index (χ1n) is 9.61. The maximum absolute atomic E-state index is 12.6. The molecule has 1 aliphatic rings. The number of hydrogen-bond acceptors (Lipinski definition) is 7. The summed E-state index contributed by atoms with van der Waals surface area (Å²) in [6.45, 7) is 1.37. The fourth-order valence-electron chi connectivity index (χ4n) is 3.56. The molecule has 0 bridgehead atoms. The van der Waals surface area contributed by atoms with Crippen LogP contribution in [-0.2, 0) is 7.05 Å². The van der Waals surface area contributed by atoms with E-state index < -0.39 is 0 Å². The van der Waals surface area contributed by atoms with Crippen molar-refractivity contribution in [2.24, 2.45) is 7.05 Å². The Bertz CT molecular complexity index is 1140. The number of aromatic nitrogens is 4. The zero-order chi connectivity index (χ0) is 21.1. The van der Waals surface area contributed by atoms with Gasteiger partial charge in [-0.25, -0.2) is 15.0 Å². The zero-order valence-electron chi connectivity index (χ0n) is 17.2. The zero-order valence-corrected chi connectivity index (χ0v) is 17.2. The summed E-state index contributed by atoms with van der Waals surface area (Å²) in [7, 11) is 5.02. The molecule has 0 saturated carbocycles. The number of ether oxygens (including phenoxy) is 2. The molecule has 3 aromatic rings. The first-order valence-corrected chi connectivity index (χ1v) is 9.61. The van der Waals surface area contributed by atoms with Crippen molar-refractivity contribution in [3.63, 3.8) is 0 Å². The van der Waals surface area contributed by atoms with Gasteiger partial charge in [0.25, 0.3) is 5.56 Å². The number of nitrogens with zero attached hydrogens (tertiary/aromatic N) is 5. The summed E-state index contributed by atoms with van der Waals surface area (Å²) >= 11 is 0. The van der Waals surface area contributed by atoms with E-state index >= 15 is 0 Å². The van der Waals surface area contributed by atoms with Gasteiger partial charge in [-0.15, -0.1) is 0 Å². The fraction of sp³-hybridized carbons (Fsp3) is 0.273. The highest BCUT2D eigenvalue weighted by molar-refractivity contribution is 5.75. The summed E-state index contributed by atoms with van der Waals surface area (Å²) in [5.41, 5.74) is 3.14. The van der Waals surface area contributed by atoms with Gasteiger partial charge in [-0.1, -0.05) is 6.08 Å². The molecule has 1 aliphatic heterocycles. The predicted octanol–water partition coefficient (Wildman–Crippen LogP) is 2.55. The van der Waals surface area contributed by atoms with E-state index in [2.05, 4.69) is 20.9 Å². The highest BCUT2D eigenvalue weighted by Crippen LogP contribution is 2.33. The van der Waals surface area contributed by atoms with Crippen LogP contribution in [-0.4, -0.2) is 46.8 Å². The third-order valence-corrected chi connectivity index (χ3v) is 5.14. The summed E-state index contributed by atoms with van der Waals surface area (Å²) in [6, 6.07) is 9.03. The van der Waals surface area contributed by atoms with Crippen LogP contribution in [0.15, 0.2) is 53.7 Å². The van der Waals surface area contributed by atoms with E-state index in [9.17, 15) is 4.79 Å². The number of hydrogen-bond donors (Lipinski definition) is 0. The molecule has 0 N–H and O–H groups in total. The van der Waals surface area contributed by atoms with Crippen molar-refractivity contribution in [2.75, 3.05) is 32.2 Å². The maximum atomic E-state index is 12.6. The number of methoxy groups -OCH3 is 2. The summed E-state index contributed by atoms with van der Waals surface area (Å²) in [6.07, 6.45) is 6.12. The van der Waals surface area contributed by atoms with Crippen LogP contribution in [0.3, 0.4) is 0 Å². The Balaban J connectivity index is 1.69. The van der Waals surface area contributed by atoms with Crippen LogP contribution in [0.2, 0.25) is 0 Å². The average Bonchev–Trinajstić information content (AvgIpc) is 2.81. The van der Waals surface area contributed by atoms with Crippen LogP contribution in [0.5, 0.6) is 11.5 Å². The van der Waals surface area contributed by atoms with Crippen molar-refractivity contribution >= 4 is 11.5 Å². The molecule has 8 heteroatoms. The van der Waals surface area contributed by atoms with E-state index in [1.54, 1.807) is 38.1 Å². The molecule has 0 amide bonds. The quantitative estimate of drug-likeness (QED) is 0.645. The molecule has 0 unspecified atom stereocenters. The van der Waals surface area contributed by atoms with Gasteiger partial charge in [-0.05, 0) is 30.2 Å². The minimum Gasteiger partial charge on any atom is -0.497 e. The Morgan fingerprint density at radius 1 is 1.07 bits per heavy atom. The molecule has 0 radical (unpaired) electrons. The molecule has 0 spiro atoms. The van der Waals surface area contributed by atoms with Crippen LogP contribution >= 0.6 is 0 Å². The molecule has 0 fully saturated rings. The minimum absolute atomic E-state index is 0.133. The van der Waals surface area contributed by atoms with Crippen molar-refractivity contribution in [3.8, 4) is 22.9 Å². The lowest BCUT2D eigenvalue weighted by Gasteiger charge is -2.30. The number of benzene rings is 1. The largest absolute Gasteiger partial charge is 0.497 e. The van der Waals surface area contributed by atoms with E-state index in [1.807, 2.05) is 18.2 Å². The molecule has 8 nitrogen and oxygen atoms in total. The molecule has 2 aromatic heterocycles. The van der Waals surface area contributed by atoms with E-state index in [4.69, 9.17) is 14.5 Å². The maximum Gasteiger partial charge on any atom is 0.255 e. The van der Waals surface area contributed by atoms with Gasteiger partial charge >= 0.3 is 0 Å². The molecule has 0 aliphatic carbocycles. The third-order valence-electron chi connectivity index (χ3n) is 5.14. The predicted molar refractivity (Wildman–Crippen MR) is 115 cm³/mol. The highest BCUT2D eigenvalue weighted by Gasteiger charge is 2.21. The Morgan fingerprint density at radius 2 is 1.93 bits per heavy atom. The monoisotopic (exact) mass is 405 g/mol. The first-order chi connectivity index (χ1) is 14.6. The van der Waals surface area contributed by atoms with Gasteiger partial charge in [0, 0.05) is 44.0 Å². The van der Waals surface area contributed by atoms with Crippen molar-refractivity contribution in [2.45, 2.75) is 6.42 Å². The second kappa shape index (κ2) is 8.36. The minimum atomic E-state index is -0.133. The fourth-order valence-corrected chi connectivity index (χ4v) is 3.56. The summed E-state index contributed by atoms with van der Waals surface area (Å²) in [5, 5.41) is 0. The SMILES string of the molecule is COc1ccc(C2=CCCN(c3nc(-c4ccncn4)cc(=O)n3C)C2)c(OC)c1. The van der Waals surface area contributed by atoms with Crippen molar-refractivity contribution in [1.82, 2.24) is 19.5 Å². The van der Waals surface area contributed by atoms with Crippen LogP contribution in [0.4, 0.5) is 5.95 Å². The highest BCUT2D eigenvalue weighted by atomic mass is 16.5. The summed E-state index contributed by atoms with van der Waals surface area (Å²) < 4.78 is 12.5. The summed E-state index contributed by atoms with van der Waals surface area (Å²) in [5.74, 6) is 2.10. The smallest absolute Gasteiger partial charge is 0.255 e. The van der Waals surface area contributed by atoms with E-state index in [-0.39, 0.29) is 5.56 Å². The van der Waals surface area contributed by atoms with Crippen LogP contribution < -0.4 is 19.9 Å². The van der Waals surface area contributed by atoms with Crippen molar-refractivity contribution in [1.29, 1.82) is 0 Å². The normalized spacial score (nSPS) is 13.7. The molecule has 30 heavy (non-hydrogen) atoms. The van der Waals surface area contributed by atoms with Gasteiger partial charge in [-0.2, -0.15) is 0 Å². The van der Waals surface area contributed by atoms with Crippen LogP contribution in [0, 0.1) is 0 Å². The van der Waals surface area contributed by atoms with E-state index in [0.717, 1.165) is 35.6 Å². The second-order valence-electron chi connectivity index (χ2n) is 6.94. The van der Waals surface area contributed by atoms with Crippen LogP contribution in [0.25, 0.3) is 17.0 Å². The molecule has 3 heterocycles. The lowest BCUT2D eigenvalue weighted by Crippen LogP contribution is -2.35. The Labute approximate surface area is 174 Å². The Hall–Kier alpha value is -3.68. The first kappa shape index (κ1) is 19.6. The second-order valence-corrected chi connectivity index (χ2v) is 6.94. The van der Waals surface area contributed by atoms with Gasteiger partial charge in [-0.3, -0.25) is 9.36 Å². The molecular formula is C22H23N5O3. The standard InChI is InChI=1S/C22H23N5O3/c1-26-21(28)12-19(18-8-9-23-14-24-18)25-22(26)27-10-4-5-15(13-27)17-7-6-16(29-2)11-20(17)30-3/h5-9,11-12,14H,4,10,13H2,1-3H3. The van der Waals surface area contributed by atoms with E-state index in [1.165, 1.54) is 12.4 Å². The van der Waals surface area contributed by atoms with Crippen molar-refractivity contribution < 1.29 is 9.47 Å². The summed E-state index contributed by atoms with van der Waals surface area (Å²) in [4.78, 5) is 27.6. The topological polar surface area (TPSA) is 82.4 Å². The van der Waals surface area contributed by atoms with Crippen molar-refractivity contribution in [3.05, 3.63) is 64.8 Å². The van der Waals surface area contributed by atoms with Gasteiger partial charge < -0.3 is 14.4 Å². The van der Waals surface area contributed by atoms with Gasteiger partial charge in [0.05, 0.1) is 25.6 Å². The van der Waals surface area contributed by atoms with Crippen LogP contribution in [0.1, 0.15) is 12.0 Å². The molecule has 1 aromatic carbocycles.